The van der Waals surface area contributed by atoms with Crippen LogP contribution in [-0.4, -0.2) is 51.3 Å². The number of hydrogen-bond acceptors (Lipinski definition) is 9. The van der Waals surface area contributed by atoms with Gasteiger partial charge in [-0.1, -0.05) is 5.92 Å². The summed E-state index contributed by atoms with van der Waals surface area (Å²) >= 11 is 0. The van der Waals surface area contributed by atoms with Gasteiger partial charge in [-0.3, -0.25) is 5.41 Å². The van der Waals surface area contributed by atoms with Crippen LogP contribution in [0, 0.1) is 23.2 Å². The van der Waals surface area contributed by atoms with Crippen molar-refractivity contribution in [2.75, 3.05) is 17.7 Å². The lowest BCUT2D eigenvalue weighted by molar-refractivity contribution is 0.349. The molecule has 11 heteroatoms. The van der Waals surface area contributed by atoms with E-state index in [9.17, 15) is 8.42 Å². The summed E-state index contributed by atoms with van der Waals surface area (Å²) in [5.41, 5.74) is 2.14. The minimum absolute atomic E-state index is 0.0260. The Bertz CT molecular complexity index is 1590. The first-order chi connectivity index (χ1) is 17.3. The maximum absolute atomic E-state index is 13.4. The van der Waals surface area contributed by atoms with Crippen molar-refractivity contribution in [3.63, 3.8) is 0 Å². The Kier molecular flexibility index (Phi) is 4.95. The lowest BCUT2D eigenvalue weighted by Gasteiger charge is -2.52. The van der Waals surface area contributed by atoms with Crippen molar-refractivity contribution < 1.29 is 13.2 Å². The summed E-state index contributed by atoms with van der Waals surface area (Å²) in [5.74, 6) is 7.03. The van der Waals surface area contributed by atoms with Gasteiger partial charge in [0.2, 0.25) is 5.88 Å². The van der Waals surface area contributed by atoms with Gasteiger partial charge in [0, 0.05) is 18.8 Å². The molecule has 6 rings (SSSR count). The minimum Gasteiger partial charge on any atom is -0.463 e. The zero-order valence-electron chi connectivity index (χ0n) is 19.9. The SMILES string of the molecule is CC#CCOc1cnc2c(Nc3cc4c(cn3)C[C@]43CS(=O)(=O)[C@@](C)(C4CC4)C(=N)N3)nccc2n1. The highest BCUT2D eigenvalue weighted by atomic mass is 32.2. The monoisotopic (exact) mass is 503 g/mol. The van der Waals surface area contributed by atoms with Crippen LogP contribution in [0.4, 0.5) is 11.6 Å². The second-order valence-electron chi connectivity index (χ2n) is 9.70. The predicted molar refractivity (Wildman–Crippen MR) is 135 cm³/mol. The van der Waals surface area contributed by atoms with Crippen molar-refractivity contribution in [2.45, 2.75) is 43.4 Å². The molecule has 3 aromatic rings. The van der Waals surface area contributed by atoms with Gasteiger partial charge in [-0.2, -0.15) is 0 Å². The van der Waals surface area contributed by atoms with E-state index in [1.807, 2.05) is 6.07 Å². The topological polar surface area (TPSA) is 143 Å². The highest BCUT2D eigenvalue weighted by Gasteiger charge is 2.62. The second-order valence-corrected chi connectivity index (χ2v) is 12.1. The summed E-state index contributed by atoms with van der Waals surface area (Å²) in [6.07, 6.45) is 7.10. The Morgan fingerprint density at radius 2 is 2.11 bits per heavy atom. The van der Waals surface area contributed by atoms with E-state index in [0.29, 0.717) is 35.0 Å². The maximum Gasteiger partial charge on any atom is 0.233 e. The van der Waals surface area contributed by atoms with Crippen molar-refractivity contribution in [3.8, 4) is 17.7 Å². The number of amidine groups is 1. The number of sulfone groups is 1. The summed E-state index contributed by atoms with van der Waals surface area (Å²) in [6, 6.07) is 3.58. The van der Waals surface area contributed by atoms with Gasteiger partial charge in [-0.15, -0.1) is 5.92 Å². The molecular weight excluding hydrogens is 478 g/mol. The Hall–Kier alpha value is -3.78. The fourth-order valence-electron chi connectivity index (χ4n) is 5.21. The van der Waals surface area contributed by atoms with Crippen molar-refractivity contribution in [1.82, 2.24) is 25.3 Å². The van der Waals surface area contributed by atoms with E-state index in [2.05, 4.69) is 42.4 Å². The number of anilines is 2. The Labute approximate surface area is 208 Å². The van der Waals surface area contributed by atoms with Gasteiger partial charge in [0.25, 0.3) is 0 Å². The molecule has 10 nitrogen and oxygen atoms in total. The number of aromatic nitrogens is 4. The molecule has 1 saturated carbocycles. The molecule has 4 heterocycles. The summed E-state index contributed by atoms with van der Waals surface area (Å²) in [5, 5.41) is 15.1. The molecule has 0 unspecified atom stereocenters. The first kappa shape index (κ1) is 22.7. The zero-order chi connectivity index (χ0) is 25.1. The third-order valence-corrected chi connectivity index (χ3v) is 10.1. The number of nitrogens with zero attached hydrogens (tertiary/aromatic N) is 4. The molecule has 3 aliphatic rings. The molecular formula is C25H25N7O3S. The number of pyridine rings is 2. The molecule has 0 amide bonds. The van der Waals surface area contributed by atoms with Crippen molar-refractivity contribution >= 4 is 38.3 Å². The molecule has 0 bridgehead atoms. The van der Waals surface area contributed by atoms with E-state index in [1.54, 1.807) is 32.3 Å². The van der Waals surface area contributed by atoms with Crippen LogP contribution < -0.4 is 15.4 Å². The van der Waals surface area contributed by atoms with Gasteiger partial charge in [0.15, 0.2) is 22.3 Å². The summed E-state index contributed by atoms with van der Waals surface area (Å²) in [6.45, 7) is 3.67. The van der Waals surface area contributed by atoms with Gasteiger partial charge in [0.05, 0.1) is 23.0 Å². The lowest BCUT2D eigenvalue weighted by Crippen LogP contribution is -2.70. The molecule has 0 aromatic carbocycles. The highest BCUT2D eigenvalue weighted by molar-refractivity contribution is 7.93. The van der Waals surface area contributed by atoms with E-state index in [4.69, 9.17) is 10.1 Å². The van der Waals surface area contributed by atoms with E-state index in [1.165, 1.54) is 6.20 Å². The van der Waals surface area contributed by atoms with Crippen LogP contribution >= 0.6 is 0 Å². The zero-order valence-corrected chi connectivity index (χ0v) is 20.7. The molecule has 3 aromatic heterocycles. The summed E-state index contributed by atoms with van der Waals surface area (Å²) in [4.78, 5) is 17.8. The molecule has 2 aliphatic carbocycles. The molecule has 1 spiro atoms. The molecule has 2 fully saturated rings. The predicted octanol–water partition coefficient (Wildman–Crippen LogP) is 2.48. The van der Waals surface area contributed by atoms with Crippen LogP contribution in [0.3, 0.4) is 0 Å². The quantitative estimate of drug-likeness (QED) is 0.447. The average Bonchev–Trinajstić information content (AvgIpc) is 3.69. The summed E-state index contributed by atoms with van der Waals surface area (Å²) in [7, 11) is -3.51. The molecule has 3 N–H and O–H groups in total. The second kappa shape index (κ2) is 7.86. The third kappa shape index (κ3) is 3.39. The molecule has 2 atom stereocenters. The van der Waals surface area contributed by atoms with Crippen LogP contribution in [0.5, 0.6) is 5.88 Å². The first-order valence-corrected chi connectivity index (χ1v) is 13.4. The van der Waals surface area contributed by atoms with Gasteiger partial charge in [-0.05, 0) is 55.9 Å². The number of ether oxygens (including phenoxy) is 1. The van der Waals surface area contributed by atoms with Crippen molar-refractivity contribution in [1.29, 1.82) is 5.41 Å². The number of nitrogens with one attached hydrogen (secondary N) is 3. The van der Waals surface area contributed by atoms with E-state index >= 15 is 0 Å². The van der Waals surface area contributed by atoms with Crippen LogP contribution in [0.1, 0.15) is 37.8 Å². The fraction of sp³-hybridized carbons (Fsp3) is 0.400. The minimum atomic E-state index is -3.51. The van der Waals surface area contributed by atoms with Crippen LogP contribution in [-0.2, 0) is 21.8 Å². The van der Waals surface area contributed by atoms with Crippen molar-refractivity contribution in [2.24, 2.45) is 5.92 Å². The molecule has 0 radical (unpaired) electrons. The standard InChI is InChI=1S/C25H25N7O3S/c1-3-4-9-35-20-13-29-21-18(30-20)7-8-27-22(21)31-19-10-17-15(12-28-19)11-25(17)14-36(33,34)24(2,16-5-6-16)23(26)32-25/h7-8,10,12-13,16H,5-6,9,11,14H2,1-2H3,(H2,26,32)(H,27,28,31)/t24-,25-/m0/s1. The lowest BCUT2D eigenvalue weighted by atomic mass is 9.72. The molecule has 1 aliphatic heterocycles. The molecule has 36 heavy (non-hydrogen) atoms. The average molecular weight is 504 g/mol. The smallest absolute Gasteiger partial charge is 0.233 e. The van der Waals surface area contributed by atoms with Crippen LogP contribution in [0.25, 0.3) is 11.0 Å². The van der Waals surface area contributed by atoms with Crippen molar-refractivity contribution in [3.05, 3.63) is 41.9 Å². The summed E-state index contributed by atoms with van der Waals surface area (Å²) < 4.78 is 31.2. The van der Waals surface area contributed by atoms with Crippen LogP contribution in [0.15, 0.2) is 30.7 Å². The maximum atomic E-state index is 13.4. The number of rotatable bonds is 5. The van der Waals surface area contributed by atoms with E-state index < -0.39 is 20.1 Å². The first-order valence-electron chi connectivity index (χ1n) is 11.8. The van der Waals surface area contributed by atoms with Gasteiger partial charge < -0.3 is 15.4 Å². The fourth-order valence-corrected chi connectivity index (χ4v) is 7.59. The van der Waals surface area contributed by atoms with E-state index in [0.717, 1.165) is 24.0 Å². The Morgan fingerprint density at radius 3 is 2.86 bits per heavy atom. The normalized spacial score (nSPS) is 25.8. The Balaban J connectivity index is 1.28. The van der Waals surface area contributed by atoms with Gasteiger partial charge >= 0.3 is 0 Å². The molecule has 184 valence electrons. The van der Waals surface area contributed by atoms with Crippen LogP contribution in [0.2, 0.25) is 0 Å². The molecule has 1 saturated heterocycles. The number of fused-ring (bicyclic) bond motifs is 3. The largest absolute Gasteiger partial charge is 0.463 e. The third-order valence-electron chi connectivity index (χ3n) is 7.45. The Morgan fingerprint density at radius 1 is 1.28 bits per heavy atom. The van der Waals surface area contributed by atoms with E-state index in [-0.39, 0.29) is 24.1 Å². The van der Waals surface area contributed by atoms with Gasteiger partial charge in [0.1, 0.15) is 21.9 Å². The highest BCUT2D eigenvalue weighted by Crippen LogP contribution is 2.51. The van der Waals surface area contributed by atoms with Gasteiger partial charge in [-0.25, -0.2) is 28.4 Å². The number of hydrogen-bond donors (Lipinski definition) is 3.